The smallest absolute Gasteiger partial charge is 0.306 e. The van der Waals surface area contributed by atoms with Crippen LogP contribution in [-0.4, -0.2) is 81.1 Å². The highest BCUT2D eigenvalue weighted by Crippen LogP contribution is 2.38. The average Bonchev–Trinajstić information content (AvgIpc) is 2.95. The van der Waals surface area contributed by atoms with E-state index in [1.165, 1.54) is 57.8 Å². The number of esters is 2. The first kappa shape index (κ1) is 43.5. The van der Waals surface area contributed by atoms with Gasteiger partial charge in [0.2, 0.25) is 0 Å². The number of quaternary nitrogens is 1. The summed E-state index contributed by atoms with van der Waals surface area (Å²) in [6.07, 6.45) is 18.5. The summed E-state index contributed by atoms with van der Waals surface area (Å²) in [7, 11) is 1.06. The Morgan fingerprint density at radius 2 is 1.11 bits per heavy atom. The maximum absolute atomic E-state index is 12.4. The van der Waals surface area contributed by atoms with Gasteiger partial charge in [-0.2, -0.15) is 0 Å². The van der Waals surface area contributed by atoms with Crippen molar-refractivity contribution in [2.45, 2.75) is 148 Å². The number of aliphatic carboxylic acids is 1. The molecule has 0 aromatic heterocycles. The van der Waals surface area contributed by atoms with Crippen molar-refractivity contribution in [3.63, 3.8) is 0 Å². The fourth-order valence-corrected chi connectivity index (χ4v) is 5.35. The fourth-order valence-electron chi connectivity index (χ4n) is 4.62. The van der Waals surface area contributed by atoms with Gasteiger partial charge in [-0.1, -0.05) is 103 Å². The SMILES string of the molecule is CCCCCCCCCCCCCCCC(=O)OC[C@@H](COP(=O)([O-])OCC[N+](C)(C)C)OC(=O)CCCCCCCC(=O)O. The fraction of sp³-hybridized carbons (Fsp3) is 0.909. The number of phosphoric ester groups is 1. The predicted molar refractivity (Wildman–Crippen MR) is 174 cm³/mol. The van der Waals surface area contributed by atoms with Crippen LogP contribution in [0.3, 0.4) is 0 Å². The van der Waals surface area contributed by atoms with Crippen molar-refractivity contribution in [1.82, 2.24) is 0 Å². The Morgan fingerprint density at radius 3 is 1.58 bits per heavy atom. The van der Waals surface area contributed by atoms with Crippen LogP contribution >= 0.6 is 7.82 Å². The number of hydrogen-bond donors (Lipinski definition) is 1. The topological polar surface area (TPSA) is 148 Å². The molecule has 0 heterocycles. The highest BCUT2D eigenvalue weighted by Gasteiger charge is 2.21. The number of carbonyl (C=O) groups is 3. The minimum absolute atomic E-state index is 0.0602. The van der Waals surface area contributed by atoms with Crippen molar-refractivity contribution in [1.29, 1.82) is 0 Å². The standard InChI is InChI=1S/C33H64NO10P/c1-5-6-7-8-9-10-11-12-13-14-15-18-21-24-32(37)41-28-30(29-43-45(39,40)42-27-26-34(2,3)4)44-33(38)25-22-19-16-17-20-23-31(35)36/h30H,5-29H2,1-4H3,(H-,35,36,39,40)/t30-/m0/s1. The molecule has 0 radical (unpaired) electrons. The van der Waals surface area contributed by atoms with E-state index >= 15 is 0 Å². The van der Waals surface area contributed by atoms with E-state index in [9.17, 15) is 23.8 Å². The van der Waals surface area contributed by atoms with Crippen LogP contribution in [-0.2, 0) is 37.5 Å². The summed E-state index contributed by atoms with van der Waals surface area (Å²) >= 11 is 0. The molecule has 0 saturated heterocycles. The summed E-state index contributed by atoms with van der Waals surface area (Å²) < 4.78 is 33.3. The summed E-state index contributed by atoms with van der Waals surface area (Å²) in [5.74, 6) is -1.79. The van der Waals surface area contributed by atoms with Gasteiger partial charge in [0, 0.05) is 19.3 Å². The summed E-state index contributed by atoms with van der Waals surface area (Å²) in [4.78, 5) is 47.6. The van der Waals surface area contributed by atoms with E-state index in [-0.39, 0.29) is 32.5 Å². The molecule has 0 aliphatic rings. The quantitative estimate of drug-likeness (QED) is 0.0346. The number of hydrogen-bond acceptors (Lipinski definition) is 9. The lowest BCUT2D eigenvalue weighted by atomic mass is 10.0. The first-order valence-electron chi connectivity index (χ1n) is 17.3. The molecule has 0 aliphatic heterocycles. The highest BCUT2D eigenvalue weighted by atomic mass is 31.2. The molecule has 0 aromatic carbocycles. The molecule has 0 spiro atoms. The predicted octanol–water partition coefficient (Wildman–Crippen LogP) is 6.95. The zero-order chi connectivity index (χ0) is 33.8. The number of ether oxygens (including phenoxy) is 2. The molecule has 12 heteroatoms. The van der Waals surface area contributed by atoms with Gasteiger partial charge in [-0.05, 0) is 19.3 Å². The third-order valence-electron chi connectivity index (χ3n) is 7.41. The zero-order valence-electron chi connectivity index (χ0n) is 28.8. The maximum Gasteiger partial charge on any atom is 0.306 e. The number of carbonyl (C=O) groups excluding carboxylic acids is 2. The number of unbranched alkanes of at least 4 members (excludes halogenated alkanes) is 16. The second kappa shape index (κ2) is 27.6. The second-order valence-corrected chi connectivity index (χ2v) is 14.4. The molecule has 45 heavy (non-hydrogen) atoms. The van der Waals surface area contributed by atoms with Crippen LogP contribution in [0.5, 0.6) is 0 Å². The van der Waals surface area contributed by atoms with Crippen molar-refractivity contribution in [2.75, 3.05) is 47.5 Å². The third kappa shape index (κ3) is 32.2. The summed E-state index contributed by atoms with van der Waals surface area (Å²) in [6, 6.07) is 0. The van der Waals surface area contributed by atoms with Crippen LogP contribution in [0.15, 0.2) is 0 Å². The molecule has 1 N–H and O–H groups in total. The van der Waals surface area contributed by atoms with Crippen LogP contribution in [0.2, 0.25) is 0 Å². The van der Waals surface area contributed by atoms with Crippen molar-refractivity contribution < 1.29 is 52.0 Å². The van der Waals surface area contributed by atoms with E-state index in [4.69, 9.17) is 23.6 Å². The maximum atomic E-state index is 12.4. The Hall–Kier alpha value is -1.52. The Morgan fingerprint density at radius 1 is 0.667 bits per heavy atom. The summed E-state index contributed by atoms with van der Waals surface area (Å²) in [5, 5.41) is 8.70. The molecule has 2 atom stereocenters. The zero-order valence-corrected chi connectivity index (χ0v) is 29.7. The molecule has 0 saturated carbocycles. The third-order valence-corrected chi connectivity index (χ3v) is 8.38. The van der Waals surface area contributed by atoms with Crippen LogP contribution < -0.4 is 4.89 Å². The molecule has 0 bridgehead atoms. The molecule has 11 nitrogen and oxygen atoms in total. The molecule has 0 fully saturated rings. The van der Waals surface area contributed by atoms with E-state index in [1.807, 2.05) is 21.1 Å². The van der Waals surface area contributed by atoms with Crippen molar-refractivity contribution in [3.05, 3.63) is 0 Å². The summed E-state index contributed by atoms with van der Waals surface area (Å²) in [5.41, 5.74) is 0. The van der Waals surface area contributed by atoms with E-state index < -0.39 is 38.4 Å². The van der Waals surface area contributed by atoms with Crippen LogP contribution in [0, 0.1) is 0 Å². The van der Waals surface area contributed by atoms with E-state index in [2.05, 4.69) is 6.92 Å². The van der Waals surface area contributed by atoms with E-state index in [0.29, 0.717) is 30.3 Å². The normalized spacial score (nSPS) is 13.7. The number of nitrogens with zero attached hydrogens (tertiary/aromatic N) is 1. The lowest BCUT2D eigenvalue weighted by Gasteiger charge is -2.28. The van der Waals surface area contributed by atoms with Gasteiger partial charge in [0.15, 0.2) is 6.10 Å². The van der Waals surface area contributed by atoms with E-state index in [1.54, 1.807) is 0 Å². The Balaban J connectivity index is 4.42. The number of likely N-dealkylation sites (N-methyl/N-ethyl adjacent to an activating group) is 1. The molecule has 0 rings (SSSR count). The van der Waals surface area contributed by atoms with Gasteiger partial charge in [0.1, 0.15) is 19.8 Å². The first-order chi connectivity index (χ1) is 21.3. The van der Waals surface area contributed by atoms with Crippen LogP contribution in [0.4, 0.5) is 0 Å². The minimum Gasteiger partial charge on any atom is -0.756 e. The highest BCUT2D eigenvalue weighted by molar-refractivity contribution is 7.45. The lowest BCUT2D eigenvalue weighted by molar-refractivity contribution is -0.870. The molecule has 0 amide bonds. The van der Waals surface area contributed by atoms with E-state index in [0.717, 1.165) is 38.5 Å². The largest absolute Gasteiger partial charge is 0.756 e. The van der Waals surface area contributed by atoms with Gasteiger partial charge in [-0.3, -0.25) is 18.9 Å². The van der Waals surface area contributed by atoms with Crippen LogP contribution in [0.25, 0.3) is 0 Å². The molecule has 0 aromatic rings. The van der Waals surface area contributed by atoms with Gasteiger partial charge in [0.25, 0.3) is 7.82 Å². The molecule has 0 aliphatic carbocycles. The Kier molecular flexibility index (Phi) is 26.6. The number of rotatable bonds is 32. The molecule has 1 unspecified atom stereocenters. The second-order valence-electron chi connectivity index (χ2n) is 13.0. The van der Waals surface area contributed by atoms with Crippen LogP contribution in [0.1, 0.15) is 142 Å². The van der Waals surface area contributed by atoms with Crippen molar-refractivity contribution in [2.24, 2.45) is 0 Å². The Labute approximate surface area is 272 Å². The lowest BCUT2D eigenvalue weighted by Crippen LogP contribution is -2.37. The Bertz CT molecular complexity index is 818. The average molecular weight is 666 g/mol. The minimum atomic E-state index is -4.64. The first-order valence-corrected chi connectivity index (χ1v) is 18.8. The van der Waals surface area contributed by atoms with Gasteiger partial charge in [0.05, 0.1) is 27.7 Å². The van der Waals surface area contributed by atoms with Crippen molar-refractivity contribution in [3.8, 4) is 0 Å². The summed E-state index contributed by atoms with van der Waals surface area (Å²) in [6.45, 7) is 1.80. The molecular formula is C33H64NO10P. The number of carboxylic acid groups (broad SMARTS) is 1. The number of phosphoric acid groups is 1. The molecule has 266 valence electrons. The monoisotopic (exact) mass is 665 g/mol. The number of carboxylic acids is 1. The van der Waals surface area contributed by atoms with Gasteiger partial charge >= 0.3 is 17.9 Å². The van der Waals surface area contributed by atoms with Crippen molar-refractivity contribution >= 4 is 25.7 Å². The van der Waals surface area contributed by atoms with Gasteiger partial charge in [-0.25, -0.2) is 0 Å². The van der Waals surface area contributed by atoms with Gasteiger partial charge < -0.3 is 33.0 Å². The van der Waals surface area contributed by atoms with Gasteiger partial charge in [-0.15, -0.1) is 0 Å². The molecular weight excluding hydrogens is 601 g/mol.